The lowest BCUT2D eigenvalue weighted by molar-refractivity contribution is 0.349. The van der Waals surface area contributed by atoms with Crippen LogP contribution in [0.5, 0.6) is 5.75 Å². The molecule has 0 spiro atoms. The third kappa shape index (κ3) is 1.68. The molecule has 0 heterocycles. The normalized spacial score (nSPS) is 11.7. The van der Waals surface area contributed by atoms with E-state index in [9.17, 15) is 0 Å². The summed E-state index contributed by atoms with van der Waals surface area (Å²) in [6, 6.07) is 19.4. The van der Waals surface area contributed by atoms with Gasteiger partial charge in [0.1, 0.15) is 5.75 Å². The molecule has 0 amide bonds. The van der Waals surface area contributed by atoms with Crippen molar-refractivity contribution >= 4 is 48.2 Å². The molecule has 0 N–H and O–H groups in total. The molecule has 4 aromatic rings. The van der Waals surface area contributed by atoms with E-state index in [1.54, 1.807) is 0 Å². The van der Waals surface area contributed by atoms with E-state index in [-0.39, 0.29) is 0 Å². The minimum absolute atomic E-state index is 0.684. The van der Waals surface area contributed by atoms with Crippen molar-refractivity contribution in [1.82, 2.24) is 0 Å². The molecule has 0 aliphatic carbocycles. The Morgan fingerprint density at radius 1 is 0.750 bits per heavy atom. The lowest BCUT2D eigenvalue weighted by atomic mass is 9.94. The van der Waals surface area contributed by atoms with Gasteiger partial charge in [0, 0.05) is 16.1 Å². The standard InChI is InChI=1S/C18H13BrO/c19-10-11-20-16-9-7-14-5-4-12-2-1-3-13-6-8-15(16)18(14)17(12)13/h1-9H,10-11H2. The smallest absolute Gasteiger partial charge is 0.127 e. The third-order valence-electron chi connectivity index (χ3n) is 3.82. The van der Waals surface area contributed by atoms with Gasteiger partial charge >= 0.3 is 0 Å². The molecule has 0 bridgehead atoms. The molecule has 2 heteroatoms. The highest BCUT2D eigenvalue weighted by Gasteiger charge is 2.10. The molecule has 0 aliphatic heterocycles. The van der Waals surface area contributed by atoms with Crippen molar-refractivity contribution in [3.63, 3.8) is 0 Å². The van der Waals surface area contributed by atoms with Crippen molar-refractivity contribution in [2.24, 2.45) is 0 Å². The van der Waals surface area contributed by atoms with Gasteiger partial charge in [-0.15, -0.1) is 0 Å². The molecule has 20 heavy (non-hydrogen) atoms. The molecule has 0 aromatic heterocycles. The number of halogens is 1. The minimum Gasteiger partial charge on any atom is -0.492 e. The van der Waals surface area contributed by atoms with Gasteiger partial charge < -0.3 is 4.74 Å². The van der Waals surface area contributed by atoms with Crippen LogP contribution in [0.2, 0.25) is 0 Å². The SMILES string of the molecule is BrCCOc1ccc2ccc3cccc4ccc1c2c34. The van der Waals surface area contributed by atoms with E-state index in [0.717, 1.165) is 11.1 Å². The topological polar surface area (TPSA) is 9.23 Å². The maximum atomic E-state index is 5.87. The van der Waals surface area contributed by atoms with E-state index in [2.05, 4.69) is 70.5 Å². The zero-order chi connectivity index (χ0) is 13.5. The van der Waals surface area contributed by atoms with Crippen LogP contribution < -0.4 is 4.74 Å². The molecule has 0 aliphatic rings. The highest BCUT2D eigenvalue weighted by molar-refractivity contribution is 9.09. The zero-order valence-corrected chi connectivity index (χ0v) is 12.5. The average molecular weight is 325 g/mol. The third-order valence-corrected chi connectivity index (χ3v) is 4.15. The van der Waals surface area contributed by atoms with Gasteiger partial charge in [-0.05, 0) is 33.7 Å². The van der Waals surface area contributed by atoms with Crippen molar-refractivity contribution in [2.45, 2.75) is 0 Å². The number of rotatable bonds is 3. The number of hydrogen-bond donors (Lipinski definition) is 0. The van der Waals surface area contributed by atoms with Gasteiger partial charge in [0.25, 0.3) is 0 Å². The Balaban J connectivity index is 2.14. The van der Waals surface area contributed by atoms with Crippen molar-refractivity contribution in [2.75, 3.05) is 11.9 Å². The molecule has 0 unspecified atom stereocenters. The predicted molar refractivity (Wildman–Crippen MR) is 89.4 cm³/mol. The van der Waals surface area contributed by atoms with E-state index in [1.165, 1.54) is 32.3 Å². The highest BCUT2D eigenvalue weighted by Crippen LogP contribution is 2.38. The van der Waals surface area contributed by atoms with Gasteiger partial charge in [0.15, 0.2) is 0 Å². The highest BCUT2D eigenvalue weighted by atomic mass is 79.9. The fraction of sp³-hybridized carbons (Fsp3) is 0.111. The molecule has 0 saturated carbocycles. The van der Waals surface area contributed by atoms with Crippen LogP contribution in [0.1, 0.15) is 0 Å². The Hall–Kier alpha value is -1.80. The lowest BCUT2D eigenvalue weighted by Gasteiger charge is -2.14. The van der Waals surface area contributed by atoms with Gasteiger partial charge in [-0.2, -0.15) is 0 Å². The first-order valence-corrected chi connectivity index (χ1v) is 7.86. The maximum Gasteiger partial charge on any atom is 0.127 e. The largest absolute Gasteiger partial charge is 0.492 e. The van der Waals surface area contributed by atoms with Crippen LogP contribution in [0.4, 0.5) is 0 Å². The Labute approximate surface area is 125 Å². The van der Waals surface area contributed by atoms with Crippen LogP contribution in [0, 0.1) is 0 Å². The summed E-state index contributed by atoms with van der Waals surface area (Å²) in [5, 5.41) is 8.55. The Morgan fingerprint density at radius 3 is 2.15 bits per heavy atom. The summed E-state index contributed by atoms with van der Waals surface area (Å²) in [7, 11) is 0. The van der Waals surface area contributed by atoms with E-state index in [1.807, 2.05) is 0 Å². The van der Waals surface area contributed by atoms with Crippen LogP contribution in [-0.4, -0.2) is 11.9 Å². The monoisotopic (exact) mass is 324 g/mol. The molecular weight excluding hydrogens is 312 g/mol. The predicted octanol–water partition coefficient (Wildman–Crippen LogP) is 5.36. The number of hydrogen-bond acceptors (Lipinski definition) is 1. The van der Waals surface area contributed by atoms with Gasteiger partial charge in [0.05, 0.1) is 6.61 Å². The summed E-state index contributed by atoms with van der Waals surface area (Å²) in [6.07, 6.45) is 0. The Morgan fingerprint density at radius 2 is 1.40 bits per heavy atom. The van der Waals surface area contributed by atoms with Gasteiger partial charge in [0.2, 0.25) is 0 Å². The summed E-state index contributed by atoms with van der Waals surface area (Å²) >= 11 is 3.41. The van der Waals surface area contributed by atoms with E-state index >= 15 is 0 Å². The number of benzene rings is 4. The van der Waals surface area contributed by atoms with Gasteiger partial charge in [-0.1, -0.05) is 58.4 Å². The molecule has 1 nitrogen and oxygen atoms in total. The fourth-order valence-electron chi connectivity index (χ4n) is 2.98. The summed E-state index contributed by atoms with van der Waals surface area (Å²) in [5.74, 6) is 0.968. The second-order valence-corrected chi connectivity index (χ2v) is 5.75. The second kappa shape index (κ2) is 4.64. The van der Waals surface area contributed by atoms with E-state index < -0.39 is 0 Å². The van der Waals surface area contributed by atoms with Crippen molar-refractivity contribution in [1.29, 1.82) is 0 Å². The number of alkyl halides is 1. The summed E-state index contributed by atoms with van der Waals surface area (Å²) < 4.78 is 5.87. The second-order valence-electron chi connectivity index (χ2n) is 4.96. The first kappa shape index (κ1) is 12.0. The molecule has 98 valence electrons. The van der Waals surface area contributed by atoms with Crippen LogP contribution in [0.25, 0.3) is 32.3 Å². The van der Waals surface area contributed by atoms with Crippen LogP contribution >= 0.6 is 15.9 Å². The summed E-state index contributed by atoms with van der Waals surface area (Å²) in [6.45, 7) is 0.684. The molecule has 0 atom stereocenters. The molecular formula is C18H13BrO. The van der Waals surface area contributed by atoms with E-state index in [0.29, 0.717) is 6.61 Å². The molecule has 0 saturated heterocycles. The van der Waals surface area contributed by atoms with Crippen LogP contribution in [-0.2, 0) is 0 Å². The van der Waals surface area contributed by atoms with Gasteiger partial charge in [-0.3, -0.25) is 0 Å². The fourth-order valence-corrected chi connectivity index (χ4v) is 3.14. The first-order valence-electron chi connectivity index (χ1n) is 6.74. The molecule has 4 rings (SSSR count). The lowest BCUT2D eigenvalue weighted by Crippen LogP contribution is -1.98. The number of ether oxygens (including phenoxy) is 1. The Bertz CT molecular complexity index is 882. The molecule has 4 aromatic carbocycles. The summed E-state index contributed by atoms with van der Waals surface area (Å²) in [5.41, 5.74) is 0. The average Bonchev–Trinajstić information content (AvgIpc) is 2.51. The van der Waals surface area contributed by atoms with Crippen LogP contribution in [0.15, 0.2) is 54.6 Å². The van der Waals surface area contributed by atoms with Crippen molar-refractivity contribution in [3.05, 3.63) is 54.6 Å². The van der Waals surface area contributed by atoms with Gasteiger partial charge in [-0.25, -0.2) is 0 Å². The minimum atomic E-state index is 0.684. The van der Waals surface area contributed by atoms with E-state index in [4.69, 9.17) is 4.74 Å². The zero-order valence-electron chi connectivity index (χ0n) is 10.9. The van der Waals surface area contributed by atoms with Crippen molar-refractivity contribution < 1.29 is 4.74 Å². The summed E-state index contributed by atoms with van der Waals surface area (Å²) in [4.78, 5) is 0. The first-order chi connectivity index (χ1) is 9.88. The molecule has 0 fully saturated rings. The molecule has 0 radical (unpaired) electrons. The Kier molecular flexibility index (Phi) is 2.78. The van der Waals surface area contributed by atoms with Crippen molar-refractivity contribution in [3.8, 4) is 5.75 Å². The quantitative estimate of drug-likeness (QED) is 0.364. The van der Waals surface area contributed by atoms with Crippen LogP contribution in [0.3, 0.4) is 0 Å². The maximum absolute atomic E-state index is 5.87.